The molecule has 2 N–H and O–H groups in total. The van der Waals surface area contributed by atoms with E-state index >= 15 is 0 Å². The summed E-state index contributed by atoms with van der Waals surface area (Å²) < 4.78 is 5.04. The molecule has 96 valence electrons. The molecule has 0 heterocycles. The predicted octanol–water partition coefficient (Wildman–Crippen LogP) is 1.89. The number of hydrogen-bond acceptors (Lipinski definition) is 3. The normalized spacial score (nSPS) is 16.5. The standard InChI is InChI=1S/C13H15NO4/c1-18-10-5-2-4-9(8-10)14-11(15)13(12(16)17)6-3-7-13/h2,4-5,8H,3,6-7H2,1H3,(H,14,15)(H,16,17). The van der Waals surface area contributed by atoms with Crippen molar-refractivity contribution >= 4 is 17.6 Å². The molecule has 0 saturated heterocycles. The van der Waals surface area contributed by atoms with Crippen LogP contribution in [-0.2, 0) is 9.59 Å². The number of aliphatic carboxylic acids is 1. The van der Waals surface area contributed by atoms with E-state index in [0.717, 1.165) is 6.42 Å². The smallest absolute Gasteiger partial charge is 0.319 e. The molecule has 0 radical (unpaired) electrons. The largest absolute Gasteiger partial charge is 0.497 e. The number of carbonyl (C=O) groups is 2. The Hall–Kier alpha value is -2.04. The first kappa shape index (κ1) is 12.4. The molecule has 1 aromatic rings. The molecule has 2 rings (SSSR count). The zero-order chi connectivity index (χ0) is 13.2. The molecule has 5 nitrogen and oxygen atoms in total. The monoisotopic (exact) mass is 249 g/mol. The summed E-state index contributed by atoms with van der Waals surface area (Å²) in [7, 11) is 1.53. The zero-order valence-corrected chi connectivity index (χ0v) is 10.1. The molecule has 18 heavy (non-hydrogen) atoms. The minimum atomic E-state index is -1.25. The second kappa shape index (κ2) is 4.68. The molecule has 5 heteroatoms. The van der Waals surface area contributed by atoms with Gasteiger partial charge in [0.05, 0.1) is 7.11 Å². The van der Waals surface area contributed by atoms with Crippen LogP contribution < -0.4 is 10.1 Å². The van der Waals surface area contributed by atoms with Crippen LogP contribution in [0.2, 0.25) is 0 Å². The SMILES string of the molecule is COc1cccc(NC(=O)C2(C(=O)O)CCC2)c1. The van der Waals surface area contributed by atoms with Gasteiger partial charge in [-0.05, 0) is 25.0 Å². The van der Waals surface area contributed by atoms with Crippen LogP contribution in [-0.4, -0.2) is 24.1 Å². The lowest BCUT2D eigenvalue weighted by Crippen LogP contribution is -2.48. The topological polar surface area (TPSA) is 75.6 Å². The Morgan fingerprint density at radius 2 is 2.11 bits per heavy atom. The van der Waals surface area contributed by atoms with Gasteiger partial charge in [-0.1, -0.05) is 12.5 Å². The van der Waals surface area contributed by atoms with Crippen LogP contribution >= 0.6 is 0 Å². The van der Waals surface area contributed by atoms with Crippen molar-refractivity contribution < 1.29 is 19.4 Å². The number of hydrogen-bond donors (Lipinski definition) is 2. The van der Waals surface area contributed by atoms with Crippen molar-refractivity contribution in [1.29, 1.82) is 0 Å². The number of carboxylic acid groups (broad SMARTS) is 1. The van der Waals surface area contributed by atoms with Crippen LogP contribution in [0.15, 0.2) is 24.3 Å². The second-order valence-electron chi connectivity index (χ2n) is 4.43. The maximum Gasteiger partial charge on any atom is 0.319 e. The summed E-state index contributed by atoms with van der Waals surface area (Å²) in [5, 5.41) is 11.8. The lowest BCUT2D eigenvalue weighted by atomic mass is 9.68. The first-order chi connectivity index (χ1) is 8.58. The van der Waals surface area contributed by atoms with Gasteiger partial charge >= 0.3 is 5.97 Å². The maximum absolute atomic E-state index is 12.0. The first-order valence-electron chi connectivity index (χ1n) is 5.77. The third kappa shape index (κ3) is 2.03. The fraction of sp³-hybridized carbons (Fsp3) is 0.385. The summed E-state index contributed by atoms with van der Waals surface area (Å²) in [6.45, 7) is 0. The van der Waals surface area contributed by atoms with E-state index in [2.05, 4.69) is 5.32 Å². The van der Waals surface area contributed by atoms with E-state index in [1.807, 2.05) is 0 Å². The highest BCUT2D eigenvalue weighted by Crippen LogP contribution is 2.42. The van der Waals surface area contributed by atoms with E-state index in [4.69, 9.17) is 9.84 Å². The lowest BCUT2D eigenvalue weighted by Gasteiger charge is -2.35. The fourth-order valence-electron chi connectivity index (χ4n) is 2.02. The fourth-order valence-corrected chi connectivity index (χ4v) is 2.02. The molecular formula is C13H15NO4. The molecule has 0 aromatic heterocycles. The quantitative estimate of drug-likeness (QED) is 0.799. The number of nitrogens with one attached hydrogen (secondary N) is 1. The Bertz CT molecular complexity index is 480. The molecule has 1 amide bonds. The number of rotatable bonds is 4. The van der Waals surface area contributed by atoms with E-state index in [1.165, 1.54) is 7.11 Å². The Morgan fingerprint density at radius 3 is 2.61 bits per heavy atom. The van der Waals surface area contributed by atoms with Gasteiger partial charge in [0.2, 0.25) is 5.91 Å². The van der Waals surface area contributed by atoms with Gasteiger partial charge in [0.25, 0.3) is 0 Å². The summed E-state index contributed by atoms with van der Waals surface area (Å²) in [5.74, 6) is -0.880. The second-order valence-corrected chi connectivity index (χ2v) is 4.43. The Morgan fingerprint density at radius 1 is 1.39 bits per heavy atom. The molecule has 0 bridgehead atoms. The number of ether oxygens (including phenoxy) is 1. The minimum Gasteiger partial charge on any atom is -0.497 e. The molecule has 1 saturated carbocycles. The van der Waals surface area contributed by atoms with Gasteiger partial charge in [0.1, 0.15) is 11.2 Å². The van der Waals surface area contributed by atoms with Crippen molar-refractivity contribution in [2.24, 2.45) is 5.41 Å². The van der Waals surface area contributed by atoms with Crippen LogP contribution in [0.3, 0.4) is 0 Å². The number of carbonyl (C=O) groups excluding carboxylic acids is 1. The van der Waals surface area contributed by atoms with Gasteiger partial charge in [0, 0.05) is 11.8 Å². The zero-order valence-electron chi connectivity index (χ0n) is 10.1. The molecule has 1 aliphatic rings. The van der Waals surface area contributed by atoms with Crippen LogP contribution in [0.25, 0.3) is 0 Å². The van der Waals surface area contributed by atoms with Gasteiger partial charge in [-0.2, -0.15) is 0 Å². The third-order valence-electron chi connectivity index (χ3n) is 3.38. The molecule has 1 fully saturated rings. The third-order valence-corrected chi connectivity index (χ3v) is 3.38. The van der Waals surface area contributed by atoms with Crippen molar-refractivity contribution in [3.8, 4) is 5.75 Å². The summed E-state index contributed by atoms with van der Waals surface area (Å²) in [5.41, 5.74) is -0.699. The van der Waals surface area contributed by atoms with Crippen LogP contribution in [0.5, 0.6) is 5.75 Å². The number of carboxylic acids is 1. The van der Waals surface area contributed by atoms with Crippen molar-refractivity contribution in [2.75, 3.05) is 12.4 Å². The molecule has 0 unspecified atom stereocenters. The Kier molecular flexibility index (Phi) is 3.23. The van der Waals surface area contributed by atoms with E-state index in [1.54, 1.807) is 24.3 Å². The van der Waals surface area contributed by atoms with E-state index in [9.17, 15) is 9.59 Å². The van der Waals surface area contributed by atoms with E-state index in [-0.39, 0.29) is 0 Å². The summed E-state index contributed by atoms with van der Waals surface area (Å²) in [6, 6.07) is 6.86. The van der Waals surface area contributed by atoms with Gasteiger partial charge < -0.3 is 15.2 Å². The summed E-state index contributed by atoms with van der Waals surface area (Å²) >= 11 is 0. The Labute approximate surface area is 105 Å². The van der Waals surface area contributed by atoms with Gasteiger partial charge in [-0.25, -0.2) is 0 Å². The molecule has 0 aliphatic heterocycles. The summed E-state index contributed by atoms with van der Waals surface area (Å²) in [4.78, 5) is 23.2. The van der Waals surface area contributed by atoms with Gasteiger partial charge in [-0.15, -0.1) is 0 Å². The molecule has 1 aromatic carbocycles. The average Bonchev–Trinajstić information content (AvgIpc) is 2.27. The van der Waals surface area contributed by atoms with Crippen molar-refractivity contribution in [3.63, 3.8) is 0 Å². The maximum atomic E-state index is 12.0. The number of benzene rings is 1. The molecule has 0 spiro atoms. The highest BCUT2D eigenvalue weighted by Gasteiger charge is 2.51. The van der Waals surface area contributed by atoms with E-state index < -0.39 is 17.3 Å². The summed E-state index contributed by atoms with van der Waals surface area (Å²) in [6.07, 6.45) is 1.58. The first-order valence-corrected chi connectivity index (χ1v) is 5.77. The Balaban J connectivity index is 2.13. The van der Waals surface area contributed by atoms with Crippen molar-refractivity contribution in [1.82, 2.24) is 0 Å². The lowest BCUT2D eigenvalue weighted by molar-refractivity contribution is -0.159. The van der Waals surface area contributed by atoms with E-state index in [0.29, 0.717) is 24.3 Å². The van der Waals surface area contributed by atoms with Crippen molar-refractivity contribution in [3.05, 3.63) is 24.3 Å². The highest BCUT2D eigenvalue weighted by molar-refractivity contribution is 6.09. The number of methoxy groups -OCH3 is 1. The average molecular weight is 249 g/mol. The highest BCUT2D eigenvalue weighted by atomic mass is 16.5. The van der Waals surface area contributed by atoms with Crippen LogP contribution in [0.4, 0.5) is 5.69 Å². The molecule has 1 aliphatic carbocycles. The number of amides is 1. The van der Waals surface area contributed by atoms with Crippen LogP contribution in [0, 0.1) is 5.41 Å². The van der Waals surface area contributed by atoms with Crippen molar-refractivity contribution in [2.45, 2.75) is 19.3 Å². The molecule has 0 atom stereocenters. The van der Waals surface area contributed by atoms with Gasteiger partial charge in [-0.3, -0.25) is 9.59 Å². The van der Waals surface area contributed by atoms with Gasteiger partial charge in [0.15, 0.2) is 0 Å². The van der Waals surface area contributed by atoms with Crippen LogP contribution in [0.1, 0.15) is 19.3 Å². The number of anilines is 1. The minimum absolute atomic E-state index is 0.401. The predicted molar refractivity (Wildman–Crippen MR) is 65.5 cm³/mol. The molecular weight excluding hydrogens is 234 g/mol.